The number of rotatable bonds is 5. The van der Waals surface area contributed by atoms with Gasteiger partial charge < -0.3 is 5.32 Å². The lowest BCUT2D eigenvalue weighted by atomic mass is 10.3. The molecule has 0 fully saturated rings. The molecule has 1 N–H and O–H groups in total. The van der Waals surface area contributed by atoms with Crippen molar-refractivity contribution in [2.75, 3.05) is 6.54 Å². The van der Waals surface area contributed by atoms with Gasteiger partial charge in [0.15, 0.2) is 0 Å². The first kappa shape index (κ1) is 12.3. The number of carbonyl (C=O) groups is 1. The maximum Gasteiger partial charge on any atom is 0.269 e. The molecule has 2 rings (SSSR count). The quantitative estimate of drug-likeness (QED) is 0.851. The van der Waals surface area contributed by atoms with Crippen molar-refractivity contribution in [2.45, 2.75) is 26.9 Å². The summed E-state index contributed by atoms with van der Waals surface area (Å²) in [5.74, 6) is -0.0930. The van der Waals surface area contributed by atoms with Crippen LogP contribution < -0.4 is 5.32 Å². The van der Waals surface area contributed by atoms with E-state index in [1.54, 1.807) is 21.6 Å². The van der Waals surface area contributed by atoms with Gasteiger partial charge in [-0.25, -0.2) is 0 Å². The summed E-state index contributed by atoms with van der Waals surface area (Å²) in [4.78, 5) is 12.0. The molecular weight excluding hydrogens is 230 g/mol. The Morgan fingerprint density at radius 1 is 1.50 bits per heavy atom. The molecule has 0 saturated heterocycles. The van der Waals surface area contributed by atoms with E-state index in [9.17, 15) is 4.79 Å². The van der Waals surface area contributed by atoms with Crippen LogP contribution in [0, 0.1) is 6.92 Å². The molecule has 0 bridgehead atoms. The van der Waals surface area contributed by atoms with Crippen molar-refractivity contribution in [3.05, 3.63) is 35.9 Å². The number of hydrogen-bond donors (Lipinski definition) is 1. The third kappa shape index (κ3) is 2.77. The molecule has 0 radical (unpaired) electrons. The lowest BCUT2D eigenvalue weighted by Gasteiger charge is -2.06. The highest BCUT2D eigenvalue weighted by Gasteiger charge is 2.12. The third-order valence-corrected chi connectivity index (χ3v) is 2.62. The van der Waals surface area contributed by atoms with Crippen LogP contribution in [0.25, 0.3) is 0 Å². The van der Waals surface area contributed by atoms with E-state index in [0.717, 1.165) is 5.69 Å². The van der Waals surface area contributed by atoms with Crippen LogP contribution in [-0.2, 0) is 13.1 Å². The Morgan fingerprint density at radius 2 is 2.33 bits per heavy atom. The largest absolute Gasteiger partial charge is 0.349 e. The lowest BCUT2D eigenvalue weighted by molar-refractivity contribution is 0.0941. The fraction of sp³-hybridized carbons (Fsp3) is 0.417. The Kier molecular flexibility index (Phi) is 3.76. The van der Waals surface area contributed by atoms with Crippen molar-refractivity contribution in [1.29, 1.82) is 0 Å². The Labute approximate surface area is 106 Å². The fourth-order valence-corrected chi connectivity index (χ4v) is 1.78. The number of hydrogen-bond acceptors (Lipinski definition) is 3. The van der Waals surface area contributed by atoms with Crippen molar-refractivity contribution >= 4 is 5.91 Å². The predicted molar refractivity (Wildman–Crippen MR) is 67.2 cm³/mol. The van der Waals surface area contributed by atoms with Gasteiger partial charge in [-0.15, -0.1) is 0 Å². The number of aromatic nitrogens is 4. The molecule has 2 aromatic heterocycles. The van der Waals surface area contributed by atoms with Crippen LogP contribution >= 0.6 is 0 Å². The van der Waals surface area contributed by atoms with Crippen LogP contribution in [-0.4, -0.2) is 32.0 Å². The molecule has 0 aliphatic heterocycles. The van der Waals surface area contributed by atoms with Gasteiger partial charge in [0.05, 0.1) is 12.2 Å². The van der Waals surface area contributed by atoms with Gasteiger partial charge >= 0.3 is 0 Å². The number of aryl methyl sites for hydroxylation is 2. The first-order valence-corrected chi connectivity index (χ1v) is 6.00. The highest BCUT2D eigenvalue weighted by molar-refractivity contribution is 5.92. The summed E-state index contributed by atoms with van der Waals surface area (Å²) in [6, 6.07) is 3.66. The van der Waals surface area contributed by atoms with Crippen LogP contribution in [0.5, 0.6) is 0 Å². The average molecular weight is 247 g/mol. The first-order valence-electron chi connectivity index (χ1n) is 6.00. The van der Waals surface area contributed by atoms with Gasteiger partial charge in [-0.05, 0) is 26.0 Å². The molecule has 0 aromatic carbocycles. The van der Waals surface area contributed by atoms with E-state index < -0.39 is 0 Å². The summed E-state index contributed by atoms with van der Waals surface area (Å²) in [6.07, 6.45) is 3.59. The molecule has 6 nitrogen and oxygen atoms in total. The van der Waals surface area contributed by atoms with Gasteiger partial charge in [-0.1, -0.05) is 0 Å². The van der Waals surface area contributed by atoms with Crippen molar-refractivity contribution in [3.8, 4) is 0 Å². The smallest absolute Gasteiger partial charge is 0.269 e. The molecule has 2 aromatic rings. The van der Waals surface area contributed by atoms with Gasteiger partial charge in [0.25, 0.3) is 5.91 Å². The standard InChI is InChI=1S/C12H17N5O/c1-3-17-11(9-10(2)15-17)12(18)13-6-8-16-7-4-5-14-16/h4-5,7,9H,3,6,8H2,1-2H3,(H,13,18). The second kappa shape index (κ2) is 5.48. The van der Waals surface area contributed by atoms with E-state index in [0.29, 0.717) is 25.3 Å². The Bertz CT molecular complexity index is 515. The molecule has 0 spiro atoms. The number of amides is 1. The van der Waals surface area contributed by atoms with Crippen LogP contribution in [0.15, 0.2) is 24.5 Å². The van der Waals surface area contributed by atoms with E-state index >= 15 is 0 Å². The Balaban J connectivity index is 1.91. The molecule has 0 aliphatic rings. The predicted octanol–water partition coefficient (Wildman–Crippen LogP) is 0.838. The normalized spacial score (nSPS) is 10.6. The zero-order chi connectivity index (χ0) is 13.0. The molecular formula is C12H17N5O. The SMILES string of the molecule is CCn1nc(C)cc1C(=O)NCCn1cccn1. The van der Waals surface area contributed by atoms with Gasteiger partial charge in [-0.2, -0.15) is 10.2 Å². The second-order valence-electron chi connectivity index (χ2n) is 4.01. The summed E-state index contributed by atoms with van der Waals surface area (Å²) in [5.41, 5.74) is 1.46. The minimum Gasteiger partial charge on any atom is -0.349 e. The van der Waals surface area contributed by atoms with Crippen LogP contribution in [0.1, 0.15) is 23.1 Å². The molecule has 96 valence electrons. The Morgan fingerprint density at radius 3 is 3.00 bits per heavy atom. The first-order chi connectivity index (χ1) is 8.70. The Hall–Kier alpha value is -2.11. The van der Waals surface area contributed by atoms with Crippen LogP contribution in [0.2, 0.25) is 0 Å². The number of nitrogens with zero attached hydrogens (tertiary/aromatic N) is 4. The third-order valence-electron chi connectivity index (χ3n) is 2.62. The van der Waals surface area contributed by atoms with E-state index in [1.807, 2.05) is 26.1 Å². The van der Waals surface area contributed by atoms with Crippen LogP contribution in [0.4, 0.5) is 0 Å². The minimum atomic E-state index is -0.0930. The molecule has 0 unspecified atom stereocenters. The van der Waals surface area contributed by atoms with Crippen molar-refractivity contribution in [1.82, 2.24) is 24.9 Å². The molecule has 1 amide bonds. The summed E-state index contributed by atoms with van der Waals surface area (Å²) in [6.45, 7) is 5.75. The zero-order valence-corrected chi connectivity index (χ0v) is 10.6. The molecule has 2 heterocycles. The summed E-state index contributed by atoms with van der Waals surface area (Å²) in [5, 5.41) is 11.2. The summed E-state index contributed by atoms with van der Waals surface area (Å²) < 4.78 is 3.49. The summed E-state index contributed by atoms with van der Waals surface area (Å²) >= 11 is 0. The fourth-order valence-electron chi connectivity index (χ4n) is 1.78. The lowest BCUT2D eigenvalue weighted by Crippen LogP contribution is -2.29. The van der Waals surface area contributed by atoms with Gasteiger partial charge in [0.2, 0.25) is 0 Å². The van der Waals surface area contributed by atoms with E-state index in [-0.39, 0.29) is 5.91 Å². The maximum absolute atomic E-state index is 12.0. The van der Waals surface area contributed by atoms with Crippen molar-refractivity contribution in [2.24, 2.45) is 0 Å². The molecule has 0 saturated carbocycles. The van der Waals surface area contributed by atoms with Gasteiger partial charge in [-0.3, -0.25) is 14.2 Å². The average Bonchev–Trinajstić information content (AvgIpc) is 2.98. The van der Waals surface area contributed by atoms with Gasteiger partial charge in [0, 0.05) is 25.5 Å². The van der Waals surface area contributed by atoms with E-state index in [4.69, 9.17) is 0 Å². The highest BCUT2D eigenvalue weighted by atomic mass is 16.2. The number of carbonyl (C=O) groups excluding carboxylic acids is 1. The zero-order valence-electron chi connectivity index (χ0n) is 10.6. The number of nitrogens with one attached hydrogen (secondary N) is 1. The minimum absolute atomic E-state index is 0.0930. The molecule has 6 heteroatoms. The highest BCUT2D eigenvalue weighted by Crippen LogP contribution is 2.03. The van der Waals surface area contributed by atoms with E-state index in [2.05, 4.69) is 15.5 Å². The van der Waals surface area contributed by atoms with Gasteiger partial charge in [0.1, 0.15) is 5.69 Å². The van der Waals surface area contributed by atoms with Crippen molar-refractivity contribution in [3.63, 3.8) is 0 Å². The second-order valence-corrected chi connectivity index (χ2v) is 4.01. The molecule has 0 aliphatic carbocycles. The molecule has 0 atom stereocenters. The topological polar surface area (TPSA) is 64.7 Å². The monoisotopic (exact) mass is 247 g/mol. The molecule has 18 heavy (non-hydrogen) atoms. The van der Waals surface area contributed by atoms with E-state index in [1.165, 1.54) is 0 Å². The summed E-state index contributed by atoms with van der Waals surface area (Å²) in [7, 11) is 0. The maximum atomic E-state index is 12.0. The van der Waals surface area contributed by atoms with Crippen molar-refractivity contribution < 1.29 is 4.79 Å². The van der Waals surface area contributed by atoms with Crippen LogP contribution in [0.3, 0.4) is 0 Å².